The number of aryl methyl sites for hydroxylation is 2. The minimum atomic E-state index is -1.00. The van der Waals surface area contributed by atoms with E-state index >= 15 is 0 Å². The summed E-state index contributed by atoms with van der Waals surface area (Å²) >= 11 is 0. The molecule has 12 heteroatoms. The fourth-order valence-corrected chi connectivity index (χ4v) is 5.64. The van der Waals surface area contributed by atoms with E-state index in [1.54, 1.807) is 17.0 Å². The molecule has 12 nitrogen and oxygen atoms in total. The molecule has 0 fully saturated rings. The molecule has 0 bridgehead atoms. The highest BCUT2D eigenvalue weighted by Gasteiger charge is 2.29. The molecule has 2 heterocycles. The lowest BCUT2D eigenvalue weighted by Crippen LogP contribution is -2.42. The molecule has 3 aromatic carbocycles. The molecule has 0 saturated carbocycles. The van der Waals surface area contributed by atoms with Crippen molar-refractivity contribution < 1.29 is 19.5 Å². The van der Waals surface area contributed by atoms with E-state index in [4.69, 9.17) is 5.73 Å². The first-order chi connectivity index (χ1) is 20.2. The molecular formula is C30H26N6O6. The van der Waals surface area contributed by atoms with Gasteiger partial charge in [-0.05, 0) is 66.1 Å². The number of carboxylic acid groups (broad SMARTS) is 1. The zero-order valence-electron chi connectivity index (χ0n) is 22.3. The molecule has 1 aromatic heterocycles. The number of carboxylic acids is 1. The van der Waals surface area contributed by atoms with Crippen LogP contribution in [0.3, 0.4) is 0 Å². The first-order valence-electron chi connectivity index (χ1n) is 13.5. The molecule has 42 heavy (non-hydrogen) atoms. The third kappa shape index (κ3) is 4.76. The molecule has 1 aliphatic carbocycles. The average Bonchev–Trinajstić information content (AvgIpc) is 3.41. The van der Waals surface area contributed by atoms with Crippen LogP contribution in [0.2, 0.25) is 0 Å². The molecular weight excluding hydrogens is 540 g/mol. The van der Waals surface area contributed by atoms with Gasteiger partial charge in [-0.15, -0.1) is 0 Å². The van der Waals surface area contributed by atoms with Gasteiger partial charge >= 0.3 is 5.97 Å². The number of nitrogens with zero attached hydrogens (tertiary/aromatic N) is 3. The molecule has 212 valence electrons. The van der Waals surface area contributed by atoms with Crippen LogP contribution in [-0.4, -0.2) is 39.4 Å². The SMILES string of the molecule is Nc1c(N2CCCc3ccc(CNC(=O)c4cc(C(=O)N[C@H]5CCc6cc(C(=O)O)ccc65)ncn4)cc32)c(=O)c1=O. The van der Waals surface area contributed by atoms with Gasteiger partial charge in [0.05, 0.1) is 11.6 Å². The molecule has 0 unspecified atom stereocenters. The predicted molar refractivity (Wildman–Crippen MR) is 153 cm³/mol. The maximum atomic E-state index is 13.0. The summed E-state index contributed by atoms with van der Waals surface area (Å²) in [5.41, 5.74) is 9.29. The Morgan fingerprint density at radius 1 is 0.952 bits per heavy atom. The number of amides is 2. The van der Waals surface area contributed by atoms with Crippen molar-refractivity contribution in [1.82, 2.24) is 20.6 Å². The number of anilines is 3. The van der Waals surface area contributed by atoms with E-state index in [0.717, 1.165) is 47.1 Å². The number of nitrogen functional groups attached to an aromatic ring is 1. The zero-order chi connectivity index (χ0) is 29.5. The number of aromatic carboxylic acids is 1. The number of benzene rings is 2. The summed E-state index contributed by atoms with van der Waals surface area (Å²) in [6.07, 6.45) is 4.03. The normalized spacial score (nSPS) is 15.6. The molecule has 4 aromatic rings. The highest BCUT2D eigenvalue weighted by atomic mass is 16.4. The maximum Gasteiger partial charge on any atom is 0.335 e. The maximum absolute atomic E-state index is 13.0. The lowest BCUT2D eigenvalue weighted by Gasteiger charge is -2.32. The van der Waals surface area contributed by atoms with Crippen molar-refractivity contribution in [3.05, 3.63) is 108 Å². The van der Waals surface area contributed by atoms with Gasteiger partial charge in [-0.25, -0.2) is 14.8 Å². The molecule has 6 rings (SSSR count). The summed E-state index contributed by atoms with van der Waals surface area (Å²) in [6, 6.07) is 11.5. The minimum Gasteiger partial charge on any atom is -0.478 e. The number of rotatable bonds is 7. The van der Waals surface area contributed by atoms with Crippen LogP contribution in [0.4, 0.5) is 17.1 Å². The number of aromatic nitrogens is 2. The Morgan fingerprint density at radius 3 is 2.50 bits per heavy atom. The van der Waals surface area contributed by atoms with Crippen LogP contribution in [-0.2, 0) is 19.4 Å². The second-order valence-electron chi connectivity index (χ2n) is 10.4. The van der Waals surface area contributed by atoms with Gasteiger partial charge in [0.15, 0.2) is 0 Å². The lowest BCUT2D eigenvalue weighted by atomic mass is 9.97. The van der Waals surface area contributed by atoms with Gasteiger partial charge < -0.3 is 26.4 Å². The average molecular weight is 567 g/mol. The van der Waals surface area contributed by atoms with Gasteiger partial charge in [0.1, 0.15) is 29.1 Å². The van der Waals surface area contributed by atoms with E-state index in [-0.39, 0.29) is 40.9 Å². The Hall–Kier alpha value is -5.39. The van der Waals surface area contributed by atoms with Crippen LogP contribution < -0.4 is 32.1 Å². The first kappa shape index (κ1) is 26.8. The van der Waals surface area contributed by atoms with Crippen LogP contribution in [0.15, 0.2) is 58.4 Å². The number of nitrogens with one attached hydrogen (secondary N) is 2. The van der Waals surface area contributed by atoms with Gasteiger partial charge in [0.25, 0.3) is 22.7 Å². The van der Waals surface area contributed by atoms with Gasteiger partial charge in [-0.2, -0.15) is 0 Å². The Kier molecular flexibility index (Phi) is 6.73. The molecule has 1 atom stereocenters. The van der Waals surface area contributed by atoms with E-state index in [0.29, 0.717) is 19.4 Å². The monoisotopic (exact) mass is 566 g/mol. The second kappa shape index (κ2) is 10.5. The van der Waals surface area contributed by atoms with Gasteiger partial charge in [0, 0.05) is 24.8 Å². The second-order valence-corrected chi connectivity index (χ2v) is 10.4. The van der Waals surface area contributed by atoms with Crippen molar-refractivity contribution in [2.24, 2.45) is 0 Å². The summed E-state index contributed by atoms with van der Waals surface area (Å²) in [4.78, 5) is 70.8. The molecule has 1 aliphatic heterocycles. The number of carbonyl (C=O) groups excluding carboxylic acids is 2. The van der Waals surface area contributed by atoms with Crippen molar-refractivity contribution in [2.45, 2.75) is 38.3 Å². The third-order valence-corrected chi connectivity index (χ3v) is 7.82. The summed E-state index contributed by atoms with van der Waals surface area (Å²) < 4.78 is 0. The van der Waals surface area contributed by atoms with Crippen LogP contribution in [0.25, 0.3) is 0 Å². The van der Waals surface area contributed by atoms with E-state index in [2.05, 4.69) is 20.6 Å². The Labute approximate surface area is 238 Å². The van der Waals surface area contributed by atoms with E-state index in [1.807, 2.05) is 18.2 Å². The summed E-state index contributed by atoms with van der Waals surface area (Å²) in [6.45, 7) is 0.712. The highest BCUT2D eigenvalue weighted by Crippen LogP contribution is 2.35. The highest BCUT2D eigenvalue weighted by molar-refractivity contribution is 5.97. The zero-order valence-corrected chi connectivity index (χ0v) is 22.3. The summed E-state index contributed by atoms with van der Waals surface area (Å²) in [7, 11) is 0. The number of nitrogens with two attached hydrogens (primary N) is 1. The predicted octanol–water partition coefficient (Wildman–Crippen LogP) is 1.78. The topological polar surface area (TPSA) is 185 Å². The molecule has 2 amide bonds. The fourth-order valence-electron chi connectivity index (χ4n) is 5.64. The van der Waals surface area contributed by atoms with Gasteiger partial charge in [-0.3, -0.25) is 19.2 Å². The van der Waals surface area contributed by atoms with E-state index in [1.165, 1.54) is 12.1 Å². The Balaban J connectivity index is 1.12. The molecule has 0 spiro atoms. The number of hydrogen-bond acceptors (Lipinski definition) is 9. The van der Waals surface area contributed by atoms with Crippen molar-refractivity contribution in [1.29, 1.82) is 0 Å². The number of carbonyl (C=O) groups is 3. The van der Waals surface area contributed by atoms with Crippen LogP contribution in [0.5, 0.6) is 0 Å². The largest absolute Gasteiger partial charge is 0.478 e. The standard InChI is InChI=1S/C30H26N6O6/c31-24-25(27(38)26(24)37)36-9-1-2-16-4-3-15(10-23(16)36)13-32-28(39)21-12-22(34-14-33-21)29(40)35-20-8-6-17-11-18(30(41)42)5-7-19(17)20/h3-5,7,10-12,14,20H,1-2,6,8-9,13,31H2,(H,32,39)(H,35,40)(H,41,42)/t20-/m0/s1. The number of fused-ring (bicyclic) bond motifs is 2. The molecule has 2 aliphatic rings. The quantitative estimate of drug-likeness (QED) is 0.240. The third-order valence-electron chi connectivity index (χ3n) is 7.82. The van der Waals surface area contributed by atoms with Crippen LogP contribution in [0, 0.1) is 0 Å². The van der Waals surface area contributed by atoms with E-state index < -0.39 is 28.6 Å². The molecule has 0 saturated heterocycles. The van der Waals surface area contributed by atoms with Crippen molar-refractivity contribution in [3.63, 3.8) is 0 Å². The van der Waals surface area contributed by atoms with Crippen molar-refractivity contribution >= 4 is 34.8 Å². The van der Waals surface area contributed by atoms with Crippen molar-refractivity contribution in [2.75, 3.05) is 17.2 Å². The molecule has 0 radical (unpaired) electrons. The minimum absolute atomic E-state index is 0.0177. The smallest absolute Gasteiger partial charge is 0.335 e. The van der Waals surface area contributed by atoms with E-state index in [9.17, 15) is 29.1 Å². The Morgan fingerprint density at radius 2 is 1.74 bits per heavy atom. The summed E-state index contributed by atoms with van der Waals surface area (Å²) in [5, 5.41) is 14.9. The fraction of sp³-hybridized carbons (Fsp3) is 0.233. The first-order valence-corrected chi connectivity index (χ1v) is 13.5. The van der Waals surface area contributed by atoms with Gasteiger partial charge in [-0.1, -0.05) is 18.2 Å². The van der Waals surface area contributed by atoms with Crippen LogP contribution in [0.1, 0.15) is 72.5 Å². The van der Waals surface area contributed by atoms with Crippen molar-refractivity contribution in [3.8, 4) is 0 Å². The van der Waals surface area contributed by atoms with Crippen LogP contribution >= 0.6 is 0 Å². The van der Waals surface area contributed by atoms with Gasteiger partial charge in [0.2, 0.25) is 0 Å². The summed E-state index contributed by atoms with van der Waals surface area (Å²) in [5.74, 6) is -1.98. The lowest BCUT2D eigenvalue weighted by molar-refractivity contribution is 0.0696. The Bertz CT molecular complexity index is 1840. The number of hydrogen-bond donors (Lipinski definition) is 4. The molecule has 5 N–H and O–H groups in total.